The highest BCUT2D eigenvalue weighted by atomic mass is 17.1. The topological polar surface area (TPSA) is 212 Å². The van der Waals surface area contributed by atoms with Crippen molar-refractivity contribution >= 4 is 29.7 Å². The minimum absolute atomic E-state index is 0.119. The molecule has 0 aromatic carbocycles. The number of fused-ring (bicyclic) bond motifs is 1. The Balaban J connectivity index is 3.05. The van der Waals surface area contributed by atoms with E-state index in [0.29, 0.717) is 0 Å². The number of Topliss-reactive ketones (excluding diaryl/α,β-unsaturated/α-hetero) is 1. The molecule has 1 saturated carbocycles. The lowest BCUT2D eigenvalue weighted by molar-refractivity contribution is -0.264. The van der Waals surface area contributed by atoms with Crippen molar-refractivity contribution in [2.75, 3.05) is 0 Å². The molecule has 0 amide bonds. The van der Waals surface area contributed by atoms with E-state index in [1.807, 2.05) is 0 Å². The van der Waals surface area contributed by atoms with Crippen molar-refractivity contribution in [2.24, 2.45) is 17.3 Å². The van der Waals surface area contributed by atoms with Crippen LogP contribution in [0.4, 0.5) is 0 Å². The fourth-order valence-electron chi connectivity index (χ4n) is 6.03. The smallest absolute Gasteiger partial charge is 0.336 e. The highest BCUT2D eigenvalue weighted by Crippen LogP contribution is 2.49. The monoisotopic (exact) mass is 680 g/mol. The van der Waals surface area contributed by atoms with Crippen LogP contribution >= 0.6 is 0 Å². The number of carbonyl (C=O) groups excluding carboxylic acids is 5. The minimum Gasteiger partial charge on any atom is -0.462 e. The van der Waals surface area contributed by atoms with Crippen LogP contribution in [0.1, 0.15) is 68.7 Å². The van der Waals surface area contributed by atoms with Gasteiger partial charge in [-0.1, -0.05) is 46.1 Å². The molecule has 4 N–H and O–H groups in total. The number of hydrogen-bond donors (Lipinski definition) is 4. The normalized spacial score (nSPS) is 35.2. The zero-order valence-corrected chi connectivity index (χ0v) is 28.8. The number of carbonyl (C=O) groups is 5. The van der Waals surface area contributed by atoms with Crippen LogP contribution in [0.3, 0.4) is 0 Å². The summed E-state index contributed by atoms with van der Waals surface area (Å²) in [4.78, 5) is 69.7. The molecular weight excluding hydrogens is 632 g/mol. The number of esters is 4. The lowest BCUT2D eigenvalue weighted by Gasteiger charge is -2.44. The lowest BCUT2D eigenvalue weighted by Crippen LogP contribution is -2.60. The average molecular weight is 681 g/mol. The van der Waals surface area contributed by atoms with Crippen molar-refractivity contribution in [1.29, 1.82) is 0 Å². The van der Waals surface area contributed by atoms with Crippen LogP contribution in [-0.2, 0) is 47.8 Å². The Labute approximate surface area is 279 Å². The predicted octanol–water partition coefficient (Wildman–Crippen LogP) is 2.29. The summed E-state index contributed by atoms with van der Waals surface area (Å²) in [5.41, 5.74) is -7.20. The van der Waals surface area contributed by atoms with Crippen molar-refractivity contribution in [2.45, 2.75) is 117 Å². The third-order valence-corrected chi connectivity index (χ3v) is 8.94. The SMILES string of the molecule is C=C(C(=O)O[C@H]1C(=C)[C@H](O)[C@@H](OC(=O)/C(C)=C\C)[C@@H](OC(C)=O)C(C)(C)/C=C\[C@@](C)(O)C(=O)[C@@]2(O)C[C@H](C)[C@H](OC(C)=O)[C@H]12)C(C)OO. The van der Waals surface area contributed by atoms with Crippen LogP contribution in [0.5, 0.6) is 0 Å². The molecule has 1 fully saturated rings. The molecule has 0 saturated heterocycles. The van der Waals surface area contributed by atoms with Gasteiger partial charge in [0.1, 0.15) is 41.7 Å². The van der Waals surface area contributed by atoms with E-state index in [2.05, 4.69) is 18.0 Å². The first-order valence-electron chi connectivity index (χ1n) is 15.4. The van der Waals surface area contributed by atoms with Crippen LogP contribution < -0.4 is 0 Å². The molecule has 0 bridgehead atoms. The first-order valence-corrected chi connectivity index (χ1v) is 15.4. The summed E-state index contributed by atoms with van der Waals surface area (Å²) in [6.07, 6.45) is -6.50. The van der Waals surface area contributed by atoms with Crippen molar-refractivity contribution in [3.63, 3.8) is 0 Å². The Morgan fingerprint density at radius 2 is 1.52 bits per heavy atom. The van der Waals surface area contributed by atoms with E-state index in [9.17, 15) is 39.3 Å². The van der Waals surface area contributed by atoms with Gasteiger partial charge in [-0.05, 0) is 51.7 Å². The predicted molar refractivity (Wildman–Crippen MR) is 169 cm³/mol. The summed E-state index contributed by atoms with van der Waals surface area (Å²) < 4.78 is 22.7. The quantitative estimate of drug-likeness (QED) is 0.0724. The third kappa shape index (κ3) is 8.47. The summed E-state index contributed by atoms with van der Waals surface area (Å²) in [6, 6.07) is 0. The number of ketones is 1. The van der Waals surface area contributed by atoms with Crippen LogP contribution in [-0.4, -0.2) is 98.1 Å². The van der Waals surface area contributed by atoms with Gasteiger partial charge < -0.3 is 34.3 Å². The van der Waals surface area contributed by atoms with Crippen molar-refractivity contribution in [3.05, 3.63) is 48.1 Å². The summed E-state index contributed by atoms with van der Waals surface area (Å²) in [5.74, 6) is -7.50. The van der Waals surface area contributed by atoms with Gasteiger partial charge in [-0.2, -0.15) is 0 Å². The largest absolute Gasteiger partial charge is 0.462 e. The molecule has 14 heteroatoms. The van der Waals surface area contributed by atoms with Crippen molar-refractivity contribution in [3.8, 4) is 0 Å². The fourth-order valence-corrected chi connectivity index (χ4v) is 6.03. The van der Waals surface area contributed by atoms with Gasteiger partial charge in [0.05, 0.1) is 11.5 Å². The molecule has 0 aromatic heterocycles. The van der Waals surface area contributed by atoms with Gasteiger partial charge in [0.25, 0.3) is 0 Å². The Morgan fingerprint density at radius 1 is 0.958 bits per heavy atom. The molecular formula is C34H48O14. The zero-order chi connectivity index (χ0) is 37.1. The van der Waals surface area contributed by atoms with Crippen LogP contribution in [0.15, 0.2) is 48.1 Å². The molecule has 0 radical (unpaired) electrons. The van der Waals surface area contributed by atoms with Gasteiger partial charge in [0.2, 0.25) is 0 Å². The molecule has 2 aliphatic carbocycles. The van der Waals surface area contributed by atoms with Crippen LogP contribution in [0.2, 0.25) is 0 Å². The van der Waals surface area contributed by atoms with Gasteiger partial charge in [0, 0.05) is 24.8 Å². The molecule has 48 heavy (non-hydrogen) atoms. The van der Waals surface area contributed by atoms with Gasteiger partial charge >= 0.3 is 23.9 Å². The number of ether oxygens (including phenoxy) is 4. The maximum atomic E-state index is 14.2. The molecule has 0 spiro atoms. The number of aliphatic hydroxyl groups excluding tert-OH is 1. The van der Waals surface area contributed by atoms with E-state index in [4.69, 9.17) is 24.2 Å². The molecule has 14 nitrogen and oxygen atoms in total. The number of rotatable bonds is 8. The molecule has 268 valence electrons. The van der Waals surface area contributed by atoms with Crippen molar-refractivity contribution in [1.82, 2.24) is 0 Å². The molecule has 2 aliphatic rings. The zero-order valence-electron chi connectivity index (χ0n) is 28.8. The second-order valence-electron chi connectivity index (χ2n) is 13.3. The molecule has 0 heterocycles. The van der Waals surface area contributed by atoms with Crippen LogP contribution in [0.25, 0.3) is 0 Å². The van der Waals surface area contributed by atoms with E-state index in [0.717, 1.165) is 26.8 Å². The number of allylic oxidation sites excluding steroid dienone is 1. The second-order valence-corrected chi connectivity index (χ2v) is 13.3. The maximum absolute atomic E-state index is 14.2. The van der Waals surface area contributed by atoms with E-state index in [1.54, 1.807) is 13.8 Å². The number of hydrogen-bond acceptors (Lipinski definition) is 14. The fraction of sp³-hybridized carbons (Fsp3) is 0.618. The van der Waals surface area contributed by atoms with Gasteiger partial charge in [0.15, 0.2) is 11.9 Å². The van der Waals surface area contributed by atoms with E-state index in [1.165, 1.54) is 39.8 Å². The highest BCUT2D eigenvalue weighted by Gasteiger charge is 2.64. The van der Waals surface area contributed by atoms with E-state index >= 15 is 0 Å². The summed E-state index contributed by atoms with van der Waals surface area (Å²) >= 11 is 0. The molecule has 1 unspecified atom stereocenters. The molecule has 2 rings (SSSR count). The minimum atomic E-state index is -2.59. The lowest BCUT2D eigenvalue weighted by atomic mass is 9.71. The molecule has 0 aromatic rings. The average Bonchev–Trinajstić information content (AvgIpc) is 3.25. The highest BCUT2D eigenvalue weighted by molar-refractivity contribution is 5.97. The van der Waals surface area contributed by atoms with Gasteiger partial charge in [-0.15, -0.1) is 0 Å². The van der Waals surface area contributed by atoms with E-state index in [-0.39, 0.29) is 5.57 Å². The Bertz CT molecular complexity index is 1370. The molecule has 10 atom stereocenters. The van der Waals surface area contributed by atoms with Gasteiger partial charge in [-0.3, -0.25) is 19.6 Å². The maximum Gasteiger partial charge on any atom is 0.336 e. The second kappa shape index (κ2) is 15.2. The summed E-state index contributed by atoms with van der Waals surface area (Å²) in [5, 5.41) is 45.0. The van der Waals surface area contributed by atoms with Crippen LogP contribution in [0, 0.1) is 17.3 Å². The third-order valence-electron chi connectivity index (χ3n) is 8.94. The van der Waals surface area contributed by atoms with Crippen molar-refractivity contribution < 1.29 is 68.4 Å². The summed E-state index contributed by atoms with van der Waals surface area (Å²) in [6.45, 7) is 19.6. The first-order chi connectivity index (χ1) is 22.0. The Hall–Kier alpha value is -3.69. The number of aliphatic hydroxyl groups is 3. The summed E-state index contributed by atoms with van der Waals surface area (Å²) in [7, 11) is 0. The first kappa shape index (κ1) is 40.5. The Kier molecular flexibility index (Phi) is 12.9. The molecule has 0 aliphatic heterocycles. The van der Waals surface area contributed by atoms with Gasteiger partial charge in [-0.25, -0.2) is 14.5 Å². The standard InChI is InChI=1S/C34H48O14/c1-12-16(2)29(38)47-27-24(37)19(5)26(46-30(39)18(4)20(6)48-43)23-25(44-21(7)35)17(3)15-34(23,42)31(40)33(11,41)14-13-32(9,10)28(27)45-22(8)36/h12-14,17,20,23-28,37,41-43H,4-5,15H2,1-3,6-11H3/b14-13-,16-12-/t17-,20?,23+,24-,25-,26-,27+,28+,33+,34+/m0/s1. The Morgan fingerprint density at radius 3 is 2.02 bits per heavy atom. The van der Waals surface area contributed by atoms with E-state index < -0.39 is 112 Å².